The molecule has 1 fully saturated rings. The molecule has 0 bridgehead atoms. The van der Waals surface area contributed by atoms with Crippen LogP contribution in [0.2, 0.25) is 0 Å². The first kappa shape index (κ1) is 19.8. The molecule has 0 aromatic heterocycles. The zero-order valence-corrected chi connectivity index (χ0v) is 15.6. The summed E-state index contributed by atoms with van der Waals surface area (Å²) in [7, 11) is 0. The first-order valence-electron chi connectivity index (χ1n) is 8.78. The lowest BCUT2D eigenvalue weighted by atomic mass is 10.0. The van der Waals surface area contributed by atoms with Crippen molar-refractivity contribution in [3.8, 4) is 0 Å². The van der Waals surface area contributed by atoms with E-state index >= 15 is 0 Å². The van der Waals surface area contributed by atoms with Gasteiger partial charge < -0.3 is 10.6 Å². The van der Waals surface area contributed by atoms with E-state index in [1.54, 1.807) is 31.2 Å². The highest BCUT2D eigenvalue weighted by Gasteiger charge is 2.19. The lowest BCUT2D eigenvalue weighted by molar-refractivity contribution is -0.120. The molecule has 3 amide bonds. The predicted octanol–water partition coefficient (Wildman–Crippen LogP) is 2.25. The maximum absolute atomic E-state index is 12.1. The summed E-state index contributed by atoms with van der Waals surface area (Å²) in [5.41, 5.74) is 5.98. The van der Waals surface area contributed by atoms with Crippen molar-refractivity contribution in [2.45, 2.75) is 45.4 Å². The number of thiocarbonyl (C=S) groups is 1. The molecule has 0 atom stereocenters. The van der Waals surface area contributed by atoms with Crippen LogP contribution in [0.3, 0.4) is 0 Å². The van der Waals surface area contributed by atoms with Gasteiger partial charge in [-0.05, 0) is 55.2 Å². The van der Waals surface area contributed by atoms with Gasteiger partial charge in [0.1, 0.15) is 0 Å². The second-order valence-electron chi connectivity index (χ2n) is 6.29. The van der Waals surface area contributed by atoms with Crippen LogP contribution in [0.1, 0.15) is 55.8 Å². The normalized spacial score (nSPS) is 13.7. The fourth-order valence-electron chi connectivity index (χ4n) is 2.83. The fraction of sp³-hybridized carbons (Fsp3) is 0.444. The van der Waals surface area contributed by atoms with Gasteiger partial charge in [0.15, 0.2) is 5.11 Å². The number of hydrogen-bond acceptors (Lipinski definition) is 4. The molecule has 1 aliphatic carbocycles. The van der Waals surface area contributed by atoms with Crippen molar-refractivity contribution < 1.29 is 14.4 Å². The highest BCUT2D eigenvalue weighted by Crippen LogP contribution is 2.27. The van der Waals surface area contributed by atoms with Gasteiger partial charge in [-0.15, -0.1) is 0 Å². The Morgan fingerprint density at radius 1 is 1.04 bits per heavy atom. The van der Waals surface area contributed by atoms with Gasteiger partial charge in [0.05, 0.1) is 0 Å². The third-order valence-electron chi connectivity index (χ3n) is 4.24. The quantitative estimate of drug-likeness (QED) is 0.467. The second kappa shape index (κ2) is 9.86. The van der Waals surface area contributed by atoms with Crippen molar-refractivity contribution in [3.63, 3.8) is 0 Å². The summed E-state index contributed by atoms with van der Waals surface area (Å²) < 4.78 is 0. The summed E-state index contributed by atoms with van der Waals surface area (Å²) in [4.78, 5) is 35.3. The molecule has 140 valence electrons. The monoisotopic (exact) mass is 376 g/mol. The van der Waals surface area contributed by atoms with Crippen LogP contribution >= 0.6 is 12.2 Å². The molecule has 2 rings (SSSR count). The number of carbonyl (C=O) groups is 3. The molecular formula is C18H24N4O3S. The number of anilines is 1. The molecule has 1 aliphatic rings. The average molecular weight is 376 g/mol. The van der Waals surface area contributed by atoms with Gasteiger partial charge in [-0.3, -0.25) is 25.2 Å². The number of benzene rings is 1. The molecule has 1 aromatic carbocycles. The molecule has 1 saturated carbocycles. The van der Waals surface area contributed by atoms with Gasteiger partial charge in [0.2, 0.25) is 11.8 Å². The summed E-state index contributed by atoms with van der Waals surface area (Å²) in [5.74, 6) is -0.202. The molecule has 0 unspecified atom stereocenters. The Kier molecular flexibility index (Phi) is 7.53. The largest absolute Gasteiger partial charge is 0.326 e. The molecule has 26 heavy (non-hydrogen) atoms. The van der Waals surface area contributed by atoms with Crippen LogP contribution in [0, 0.1) is 5.92 Å². The SMILES string of the molecule is CCC(=O)Nc1ccc(C(=O)NNC(=S)NC(=O)CC2CCCC2)cc1. The van der Waals surface area contributed by atoms with Crippen molar-refractivity contribution in [2.24, 2.45) is 5.92 Å². The number of carbonyl (C=O) groups excluding carboxylic acids is 3. The van der Waals surface area contributed by atoms with Crippen LogP contribution in [-0.2, 0) is 9.59 Å². The highest BCUT2D eigenvalue weighted by molar-refractivity contribution is 7.80. The van der Waals surface area contributed by atoms with Crippen molar-refractivity contribution in [1.29, 1.82) is 0 Å². The average Bonchev–Trinajstić information content (AvgIpc) is 3.13. The van der Waals surface area contributed by atoms with Gasteiger partial charge in [0, 0.05) is 24.1 Å². The Morgan fingerprint density at radius 3 is 2.31 bits per heavy atom. The van der Waals surface area contributed by atoms with Crippen molar-refractivity contribution in [1.82, 2.24) is 16.2 Å². The zero-order valence-electron chi connectivity index (χ0n) is 14.8. The maximum atomic E-state index is 12.1. The third kappa shape index (κ3) is 6.44. The molecule has 4 N–H and O–H groups in total. The Bertz CT molecular complexity index is 670. The Morgan fingerprint density at radius 2 is 1.69 bits per heavy atom. The summed E-state index contributed by atoms with van der Waals surface area (Å²) in [6.45, 7) is 1.76. The van der Waals surface area contributed by atoms with E-state index in [0.717, 1.165) is 12.8 Å². The lowest BCUT2D eigenvalue weighted by Crippen LogP contribution is -2.48. The highest BCUT2D eigenvalue weighted by atomic mass is 32.1. The van der Waals surface area contributed by atoms with Gasteiger partial charge in [0.25, 0.3) is 5.91 Å². The lowest BCUT2D eigenvalue weighted by Gasteiger charge is -2.13. The predicted molar refractivity (Wildman–Crippen MR) is 103 cm³/mol. The van der Waals surface area contributed by atoms with E-state index in [0.29, 0.717) is 30.0 Å². The van der Waals surface area contributed by atoms with Crippen molar-refractivity contribution >= 4 is 40.7 Å². The third-order valence-corrected chi connectivity index (χ3v) is 4.45. The van der Waals surface area contributed by atoms with E-state index in [-0.39, 0.29) is 16.9 Å². The standard InChI is InChI=1S/C18H24N4O3S/c1-2-15(23)19-14-9-7-13(8-10-14)17(25)21-22-18(26)20-16(24)11-12-5-3-4-6-12/h7-10,12H,2-6,11H2,1H3,(H,19,23)(H,21,25)(H2,20,22,24,26). The smallest absolute Gasteiger partial charge is 0.269 e. The molecule has 0 heterocycles. The summed E-state index contributed by atoms with van der Waals surface area (Å²) >= 11 is 5.02. The van der Waals surface area contributed by atoms with Crippen LogP contribution in [-0.4, -0.2) is 22.8 Å². The molecule has 1 aromatic rings. The number of amides is 3. The van der Waals surface area contributed by atoms with Crippen molar-refractivity contribution in [3.05, 3.63) is 29.8 Å². The first-order chi connectivity index (χ1) is 12.5. The van der Waals surface area contributed by atoms with Crippen LogP contribution in [0.25, 0.3) is 0 Å². The van der Waals surface area contributed by atoms with Crippen LogP contribution < -0.4 is 21.5 Å². The summed E-state index contributed by atoms with van der Waals surface area (Å²) in [6.07, 6.45) is 5.37. The number of hydrogen-bond donors (Lipinski definition) is 4. The van der Waals surface area contributed by atoms with E-state index in [1.807, 2.05) is 0 Å². The molecule has 0 saturated heterocycles. The Hall–Kier alpha value is -2.48. The Balaban J connectivity index is 1.73. The van der Waals surface area contributed by atoms with E-state index in [1.165, 1.54) is 12.8 Å². The van der Waals surface area contributed by atoms with E-state index in [4.69, 9.17) is 12.2 Å². The molecule has 7 nitrogen and oxygen atoms in total. The van der Waals surface area contributed by atoms with Crippen LogP contribution in [0.15, 0.2) is 24.3 Å². The molecule has 0 spiro atoms. The minimum Gasteiger partial charge on any atom is -0.326 e. The van der Waals surface area contributed by atoms with E-state index < -0.39 is 5.91 Å². The minimum atomic E-state index is -0.397. The topological polar surface area (TPSA) is 99.3 Å². The Labute approximate surface area is 158 Å². The fourth-order valence-corrected chi connectivity index (χ4v) is 2.99. The summed E-state index contributed by atoms with van der Waals surface area (Å²) in [6, 6.07) is 6.46. The van der Waals surface area contributed by atoms with Gasteiger partial charge in [-0.1, -0.05) is 19.8 Å². The minimum absolute atomic E-state index is 0.0631. The van der Waals surface area contributed by atoms with Gasteiger partial charge in [-0.25, -0.2) is 0 Å². The molecule has 0 aliphatic heterocycles. The van der Waals surface area contributed by atoms with Crippen molar-refractivity contribution in [2.75, 3.05) is 5.32 Å². The first-order valence-corrected chi connectivity index (χ1v) is 9.19. The maximum Gasteiger partial charge on any atom is 0.269 e. The number of nitrogens with one attached hydrogen (secondary N) is 4. The molecule has 0 radical (unpaired) electrons. The second-order valence-corrected chi connectivity index (χ2v) is 6.70. The van der Waals surface area contributed by atoms with Gasteiger partial charge >= 0.3 is 0 Å². The molecular weight excluding hydrogens is 352 g/mol. The zero-order chi connectivity index (χ0) is 18.9. The summed E-state index contributed by atoms with van der Waals surface area (Å²) in [5, 5.41) is 5.34. The number of hydrazine groups is 1. The van der Waals surface area contributed by atoms with Crippen LogP contribution in [0.4, 0.5) is 5.69 Å². The van der Waals surface area contributed by atoms with E-state index in [9.17, 15) is 14.4 Å². The number of rotatable bonds is 5. The van der Waals surface area contributed by atoms with Gasteiger partial charge in [-0.2, -0.15) is 0 Å². The van der Waals surface area contributed by atoms with Crippen LogP contribution in [0.5, 0.6) is 0 Å². The molecule has 8 heteroatoms. The van der Waals surface area contributed by atoms with E-state index in [2.05, 4.69) is 21.5 Å².